The molecule has 8 heteroatoms. The predicted molar refractivity (Wildman–Crippen MR) is 163 cm³/mol. The van der Waals surface area contributed by atoms with E-state index in [0.717, 1.165) is 40.4 Å². The number of piperidine rings is 1. The molecule has 40 heavy (non-hydrogen) atoms. The molecule has 7 nitrogen and oxygen atoms in total. The summed E-state index contributed by atoms with van der Waals surface area (Å²) in [5, 5.41) is 5.96. The van der Waals surface area contributed by atoms with Crippen molar-refractivity contribution in [2.45, 2.75) is 122 Å². The molecule has 1 saturated carbocycles. The molecule has 2 amide bonds. The summed E-state index contributed by atoms with van der Waals surface area (Å²) >= 11 is 0. The highest BCUT2D eigenvalue weighted by Gasteiger charge is 2.28. The molecule has 4 rings (SSSR count). The fraction of sp³-hybridized carbons (Fsp3) is 0.625. The van der Waals surface area contributed by atoms with Gasteiger partial charge in [0.1, 0.15) is 11.0 Å². The predicted octanol–water partition coefficient (Wildman–Crippen LogP) is 5.76. The van der Waals surface area contributed by atoms with Crippen LogP contribution in [-0.2, 0) is 27.7 Å². The Morgan fingerprint density at radius 1 is 1.05 bits per heavy atom. The first kappa shape index (κ1) is 30.5. The van der Waals surface area contributed by atoms with Gasteiger partial charge in [-0.05, 0) is 87.6 Å². The molecule has 2 fully saturated rings. The van der Waals surface area contributed by atoms with Crippen LogP contribution in [0.5, 0.6) is 0 Å². The van der Waals surface area contributed by atoms with Gasteiger partial charge in [0.05, 0.1) is 10.5 Å². The lowest BCUT2D eigenvalue weighted by molar-refractivity contribution is -0.122. The van der Waals surface area contributed by atoms with Gasteiger partial charge >= 0.3 is 0 Å². The van der Waals surface area contributed by atoms with Gasteiger partial charge in [0, 0.05) is 42.5 Å². The molecule has 0 radical (unpaired) electrons. The van der Waals surface area contributed by atoms with Crippen LogP contribution in [0.2, 0.25) is 0 Å². The third-order valence-electron chi connectivity index (χ3n) is 8.04. The molecule has 2 atom stereocenters. The zero-order valence-electron chi connectivity index (χ0n) is 25.4. The van der Waals surface area contributed by atoms with Gasteiger partial charge < -0.3 is 15.2 Å². The SMILES string of the molecule is Cc1c(C(=O)NC2CCNC(=O)C2)cc(-c2ccc(S(=O)NC(C)(C)C)c(C(C)(C)C)c2)n1CC1CCCCC1. The summed E-state index contributed by atoms with van der Waals surface area (Å²) in [6, 6.07) is 8.06. The lowest BCUT2D eigenvalue weighted by Crippen LogP contribution is -2.45. The Hall–Kier alpha value is -2.45. The van der Waals surface area contributed by atoms with Crippen LogP contribution in [0.3, 0.4) is 0 Å². The van der Waals surface area contributed by atoms with Crippen molar-refractivity contribution >= 4 is 22.8 Å². The third-order valence-corrected chi connectivity index (χ3v) is 9.59. The minimum atomic E-state index is -1.35. The number of carbonyl (C=O) groups is 2. The summed E-state index contributed by atoms with van der Waals surface area (Å²) in [6.07, 6.45) is 7.28. The van der Waals surface area contributed by atoms with E-state index in [2.05, 4.69) is 46.8 Å². The maximum atomic E-state index is 13.5. The van der Waals surface area contributed by atoms with E-state index in [-0.39, 0.29) is 28.8 Å². The van der Waals surface area contributed by atoms with E-state index in [4.69, 9.17) is 0 Å². The zero-order valence-corrected chi connectivity index (χ0v) is 26.2. The van der Waals surface area contributed by atoms with Gasteiger partial charge in [0.15, 0.2) is 0 Å². The van der Waals surface area contributed by atoms with Gasteiger partial charge in [-0.2, -0.15) is 0 Å². The van der Waals surface area contributed by atoms with E-state index in [1.165, 1.54) is 32.1 Å². The molecule has 1 aromatic carbocycles. The molecule has 1 aliphatic heterocycles. The highest BCUT2D eigenvalue weighted by atomic mass is 32.2. The summed E-state index contributed by atoms with van der Waals surface area (Å²) in [5.41, 5.74) is 4.18. The first-order valence-corrected chi connectivity index (χ1v) is 16.0. The second-order valence-corrected chi connectivity index (χ2v) is 14.9. The smallest absolute Gasteiger partial charge is 0.253 e. The van der Waals surface area contributed by atoms with Crippen LogP contribution in [0.1, 0.15) is 108 Å². The Balaban J connectivity index is 1.75. The second kappa shape index (κ2) is 12.2. The molecule has 2 aliphatic rings. The number of nitrogens with zero attached hydrogens (tertiary/aromatic N) is 1. The van der Waals surface area contributed by atoms with E-state index in [0.29, 0.717) is 24.4 Å². The lowest BCUT2D eigenvalue weighted by atomic mass is 9.85. The largest absolute Gasteiger partial charge is 0.356 e. The van der Waals surface area contributed by atoms with Crippen molar-refractivity contribution in [2.24, 2.45) is 5.92 Å². The van der Waals surface area contributed by atoms with Gasteiger partial charge in [0.2, 0.25) is 5.91 Å². The fourth-order valence-corrected chi connectivity index (χ4v) is 7.34. The van der Waals surface area contributed by atoms with Crippen molar-refractivity contribution in [1.82, 2.24) is 19.9 Å². The number of amides is 2. The Kier molecular flexibility index (Phi) is 9.30. The van der Waals surface area contributed by atoms with Crippen molar-refractivity contribution in [3.63, 3.8) is 0 Å². The second-order valence-electron chi connectivity index (χ2n) is 13.7. The van der Waals surface area contributed by atoms with Gasteiger partial charge in [-0.3, -0.25) is 9.59 Å². The Bertz CT molecular complexity index is 1260. The van der Waals surface area contributed by atoms with Crippen LogP contribution in [-0.4, -0.2) is 38.7 Å². The van der Waals surface area contributed by atoms with Crippen LogP contribution in [0, 0.1) is 12.8 Å². The quantitative estimate of drug-likeness (QED) is 0.397. The summed E-state index contributed by atoms with van der Waals surface area (Å²) < 4.78 is 18.9. The molecule has 0 spiro atoms. The fourth-order valence-electron chi connectivity index (χ4n) is 5.92. The number of aromatic nitrogens is 1. The standard InChI is InChI=1S/C32H48N4O3S/c1-21-25(30(38)34-24-15-16-33-29(37)18-24)19-27(36(21)20-22-11-9-8-10-12-22)23-13-14-28(26(17-23)31(2,3)4)40(39)35-32(5,6)7/h13-14,17,19,22,24,35H,8-12,15-16,18,20H2,1-7H3,(H,33,37)(H,34,38). The average Bonchev–Trinajstić information content (AvgIpc) is 3.18. The van der Waals surface area contributed by atoms with Gasteiger partial charge in [-0.25, -0.2) is 8.93 Å². The van der Waals surface area contributed by atoms with Crippen LogP contribution >= 0.6 is 0 Å². The summed E-state index contributed by atoms with van der Waals surface area (Å²) in [7, 11) is -1.35. The number of rotatable bonds is 7. The number of benzene rings is 1. The number of hydrogen-bond donors (Lipinski definition) is 3. The Morgan fingerprint density at radius 3 is 2.38 bits per heavy atom. The van der Waals surface area contributed by atoms with Crippen molar-refractivity contribution in [1.29, 1.82) is 0 Å². The van der Waals surface area contributed by atoms with E-state index < -0.39 is 11.0 Å². The monoisotopic (exact) mass is 568 g/mol. The van der Waals surface area contributed by atoms with Crippen LogP contribution in [0.4, 0.5) is 0 Å². The molecule has 3 N–H and O–H groups in total. The average molecular weight is 569 g/mol. The molecule has 2 unspecified atom stereocenters. The molecule has 2 aromatic rings. The highest BCUT2D eigenvalue weighted by molar-refractivity contribution is 7.83. The topological polar surface area (TPSA) is 92.2 Å². The molecule has 1 saturated heterocycles. The first-order valence-electron chi connectivity index (χ1n) is 14.8. The van der Waals surface area contributed by atoms with Crippen molar-refractivity contribution in [3.8, 4) is 11.3 Å². The number of nitrogens with one attached hydrogen (secondary N) is 3. The first-order chi connectivity index (χ1) is 18.7. The highest BCUT2D eigenvalue weighted by Crippen LogP contribution is 2.36. The molecular formula is C32H48N4O3S. The van der Waals surface area contributed by atoms with Crippen molar-refractivity contribution in [2.75, 3.05) is 6.54 Å². The molecule has 1 aromatic heterocycles. The van der Waals surface area contributed by atoms with Crippen LogP contribution in [0.15, 0.2) is 29.2 Å². The minimum Gasteiger partial charge on any atom is -0.356 e. The molecule has 1 aliphatic carbocycles. The van der Waals surface area contributed by atoms with E-state index >= 15 is 0 Å². The van der Waals surface area contributed by atoms with Gasteiger partial charge in [0.25, 0.3) is 5.91 Å². The Labute approximate surface area is 242 Å². The Morgan fingerprint density at radius 2 is 1.75 bits per heavy atom. The maximum absolute atomic E-state index is 13.5. The van der Waals surface area contributed by atoms with E-state index in [1.807, 2.05) is 45.9 Å². The van der Waals surface area contributed by atoms with E-state index in [9.17, 15) is 13.8 Å². The number of carbonyl (C=O) groups excluding carboxylic acids is 2. The normalized spacial score (nSPS) is 19.8. The maximum Gasteiger partial charge on any atom is 0.253 e. The summed E-state index contributed by atoms with van der Waals surface area (Å²) in [4.78, 5) is 26.2. The summed E-state index contributed by atoms with van der Waals surface area (Å²) in [5.74, 6) is 0.447. The lowest BCUT2D eigenvalue weighted by Gasteiger charge is -2.27. The van der Waals surface area contributed by atoms with E-state index in [1.54, 1.807) is 0 Å². The van der Waals surface area contributed by atoms with Crippen LogP contribution < -0.4 is 15.4 Å². The van der Waals surface area contributed by atoms with Crippen molar-refractivity contribution in [3.05, 3.63) is 41.1 Å². The minimum absolute atomic E-state index is 0.0167. The zero-order chi connectivity index (χ0) is 29.2. The molecule has 220 valence electrons. The molecular weight excluding hydrogens is 520 g/mol. The summed E-state index contributed by atoms with van der Waals surface area (Å²) in [6.45, 7) is 16.0. The third kappa shape index (κ3) is 7.43. The van der Waals surface area contributed by atoms with Gasteiger partial charge in [-0.1, -0.05) is 46.1 Å². The van der Waals surface area contributed by atoms with Gasteiger partial charge in [-0.15, -0.1) is 0 Å². The molecule has 2 heterocycles. The number of hydrogen-bond acceptors (Lipinski definition) is 3. The van der Waals surface area contributed by atoms with Crippen LogP contribution in [0.25, 0.3) is 11.3 Å². The van der Waals surface area contributed by atoms with Crippen molar-refractivity contribution < 1.29 is 13.8 Å². The molecule has 0 bridgehead atoms.